The predicted octanol–water partition coefficient (Wildman–Crippen LogP) is 3.31. The summed E-state index contributed by atoms with van der Waals surface area (Å²) < 4.78 is 5.09. The third kappa shape index (κ3) is 4.91. The first-order valence-corrected chi connectivity index (χ1v) is 7.82. The topological polar surface area (TPSA) is 50.4 Å². The summed E-state index contributed by atoms with van der Waals surface area (Å²) >= 11 is 0. The van der Waals surface area contributed by atoms with E-state index in [-0.39, 0.29) is 18.0 Å². The molecule has 0 saturated heterocycles. The Hall–Kier alpha value is -2.17. The second kappa shape index (κ2) is 8.46. The van der Waals surface area contributed by atoms with Crippen LogP contribution in [0.2, 0.25) is 0 Å². The van der Waals surface area contributed by atoms with Crippen molar-refractivity contribution in [3.8, 4) is 11.1 Å². The van der Waals surface area contributed by atoms with E-state index in [9.17, 15) is 4.79 Å². The van der Waals surface area contributed by atoms with Gasteiger partial charge in [-0.3, -0.25) is 4.79 Å². The minimum Gasteiger partial charge on any atom is -0.383 e. The zero-order chi connectivity index (χ0) is 16.7. The summed E-state index contributed by atoms with van der Waals surface area (Å²) in [6, 6.07) is 17.7. The van der Waals surface area contributed by atoms with Gasteiger partial charge >= 0.3 is 0 Å². The molecule has 0 saturated carbocycles. The fourth-order valence-electron chi connectivity index (χ4n) is 2.50. The van der Waals surface area contributed by atoms with Gasteiger partial charge in [0, 0.05) is 24.4 Å². The van der Waals surface area contributed by atoms with Crippen molar-refractivity contribution in [1.82, 2.24) is 5.32 Å². The van der Waals surface area contributed by atoms with Crippen molar-refractivity contribution in [3.63, 3.8) is 0 Å². The Kier molecular flexibility index (Phi) is 6.32. The lowest BCUT2D eigenvalue weighted by Gasteiger charge is -2.20. The van der Waals surface area contributed by atoms with Gasteiger partial charge in [0.25, 0.3) is 0 Å². The fourth-order valence-corrected chi connectivity index (χ4v) is 2.50. The van der Waals surface area contributed by atoms with Crippen LogP contribution in [0.15, 0.2) is 54.6 Å². The van der Waals surface area contributed by atoms with Crippen molar-refractivity contribution in [2.45, 2.75) is 25.9 Å². The summed E-state index contributed by atoms with van der Waals surface area (Å²) in [4.78, 5) is 12.4. The maximum absolute atomic E-state index is 12.4. The van der Waals surface area contributed by atoms with E-state index < -0.39 is 0 Å². The number of methoxy groups -OCH3 is 1. The number of hydrogen-bond acceptors (Lipinski definition) is 3. The van der Waals surface area contributed by atoms with Gasteiger partial charge in [-0.15, -0.1) is 0 Å². The van der Waals surface area contributed by atoms with Crippen molar-refractivity contribution in [3.05, 3.63) is 54.6 Å². The Bertz CT molecular complexity index is 628. The third-order valence-corrected chi connectivity index (χ3v) is 3.61. The number of nitrogens with one attached hydrogen (secondary N) is 2. The van der Waals surface area contributed by atoms with Crippen LogP contribution in [0.4, 0.5) is 5.69 Å². The number of anilines is 1. The Labute approximate surface area is 137 Å². The molecular weight excluding hydrogens is 288 g/mol. The Morgan fingerprint density at radius 3 is 2.39 bits per heavy atom. The smallest absolute Gasteiger partial charge is 0.241 e. The van der Waals surface area contributed by atoms with Crippen molar-refractivity contribution >= 4 is 11.6 Å². The van der Waals surface area contributed by atoms with Gasteiger partial charge in [-0.25, -0.2) is 0 Å². The van der Waals surface area contributed by atoms with E-state index >= 15 is 0 Å². The molecule has 2 unspecified atom stereocenters. The Morgan fingerprint density at radius 2 is 1.70 bits per heavy atom. The van der Waals surface area contributed by atoms with Gasteiger partial charge in [0.2, 0.25) is 5.91 Å². The molecule has 2 N–H and O–H groups in total. The highest BCUT2D eigenvalue weighted by atomic mass is 16.5. The number of carbonyl (C=O) groups is 1. The predicted molar refractivity (Wildman–Crippen MR) is 94.4 cm³/mol. The molecule has 2 atom stereocenters. The van der Waals surface area contributed by atoms with Gasteiger partial charge in [0.15, 0.2) is 0 Å². The van der Waals surface area contributed by atoms with Gasteiger partial charge in [-0.2, -0.15) is 0 Å². The molecule has 2 rings (SSSR count). The summed E-state index contributed by atoms with van der Waals surface area (Å²) in [6.07, 6.45) is 0. The molecule has 0 aliphatic rings. The number of para-hydroxylation sites is 1. The van der Waals surface area contributed by atoms with Gasteiger partial charge in [0.05, 0.1) is 12.6 Å². The van der Waals surface area contributed by atoms with E-state index in [2.05, 4.69) is 10.6 Å². The zero-order valence-electron chi connectivity index (χ0n) is 13.9. The molecule has 23 heavy (non-hydrogen) atoms. The van der Waals surface area contributed by atoms with Crippen LogP contribution in [-0.2, 0) is 9.53 Å². The van der Waals surface area contributed by atoms with E-state index in [1.807, 2.05) is 68.4 Å². The number of hydrogen-bond donors (Lipinski definition) is 2. The number of rotatable bonds is 7. The molecule has 4 heteroatoms. The van der Waals surface area contributed by atoms with Crippen molar-refractivity contribution in [2.24, 2.45) is 0 Å². The normalized spacial score (nSPS) is 13.3. The second-order valence-corrected chi connectivity index (χ2v) is 5.65. The third-order valence-electron chi connectivity index (χ3n) is 3.61. The van der Waals surface area contributed by atoms with E-state index in [1.165, 1.54) is 0 Å². The highest BCUT2D eigenvalue weighted by Gasteiger charge is 2.16. The maximum atomic E-state index is 12.4. The average molecular weight is 312 g/mol. The maximum Gasteiger partial charge on any atom is 0.241 e. The molecule has 0 heterocycles. The SMILES string of the molecule is COCC(C)NC(C)C(=O)Nc1ccccc1-c1ccccc1. The van der Waals surface area contributed by atoms with Crippen LogP contribution < -0.4 is 10.6 Å². The van der Waals surface area contributed by atoms with Crippen molar-refractivity contribution in [1.29, 1.82) is 0 Å². The Balaban J connectivity index is 2.10. The number of benzene rings is 2. The standard InChI is InChI=1S/C19H24N2O2/c1-14(13-23-3)20-15(2)19(22)21-18-12-8-7-11-17(18)16-9-5-4-6-10-16/h4-12,14-15,20H,13H2,1-3H3,(H,21,22). The lowest BCUT2D eigenvalue weighted by Crippen LogP contribution is -2.44. The van der Waals surface area contributed by atoms with Crippen LogP contribution in [0, 0.1) is 0 Å². The molecule has 2 aromatic carbocycles. The van der Waals surface area contributed by atoms with Crippen molar-refractivity contribution in [2.75, 3.05) is 19.0 Å². The first kappa shape index (κ1) is 17.2. The number of amides is 1. The molecule has 0 radical (unpaired) electrons. The zero-order valence-corrected chi connectivity index (χ0v) is 13.9. The molecule has 0 aliphatic heterocycles. The van der Waals surface area contributed by atoms with Gasteiger partial charge in [-0.1, -0.05) is 48.5 Å². The van der Waals surface area contributed by atoms with Crippen LogP contribution >= 0.6 is 0 Å². The molecule has 0 fully saturated rings. The van der Waals surface area contributed by atoms with E-state index in [1.54, 1.807) is 7.11 Å². The molecule has 2 aromatic rings. The molecule has 0 spiro atoms. The van der Waals surface area contributed by atoms with E-state index in [4.69, 9.17) is 4.74 Å². The van der Waals surface area contributed by atoms with Gasteiger partial charge in [-0.05, 0) is 25.5 Å². The fraction of sp³-hybridized carbons (Fsp3) is 0.316. The summed E-state index contributed by atoms with van der Waals surface area (Å²) in [6.45, 7) is 4.41. The molecule has 4 nitrogen and oxygen atoms in total. The summed E-state index contributed by atoms with van der Waals surface area (Å²) in [5, 5.41) is 6.24. The highest BCUT2D eigenvalue weighted by molar-refractivity contribution is 5.98. The monoisotopic (exact) mass is 312 g/mol. The summed E-state index contributed by atoms with van der Waals surface area (Å²) in [5.41, 5.74) is 2.91. The van der Waals surface area contributed by atoms with Crippen LogP contribution in [0.1, 0.15) is 13.8 Å². The molecule has 122 valence electrons. The van der Waals surface area contributed by atoms with Crippen LogP contribution in [-0.4, -0.2) is 31.7 Å². The summed E-state index contributed by atoms with van der Waals surface area (Å²) in [5.74, 6) is -0.0589. The number of carbonyl (C=O) groups excluding carboxylic acids is 1. The Morgan fingerprint density at radius 1 is 1.04 bits per heavy atom. The van der Waals surface area contributed by atoms with Crippen LogP contribution in [0.5, 0.6) is 0 Å². The highest BCUT2D eigenvalue weighted by Crippen LogP contribution is 2.27. The average Bonchev–Trinajstić information content (AvgIpc) is 2.56. The van der Waals surface area contributed by atoms with E-state index in [0.29, 0.717) is 6.61 Å². The lowest BCUT2D eigenvalue weighted by molar-refractivity contribution is -0.118. The first-order valence-electron chi connectivity index (χ1n) is 7.82. The molecule has 1 amide bonds. The van der Waals surface area contributed by atoms with Gasteiger partial charge < -0.3 is 15.4 Å². The van der Waals surface area contributed by atoms with Crippen LogP contribution in [0.3, 0.4) is 0 Å². The lowest BCUT2D eigenvalue weighted by atomic mass is 10.0. The molecular formula is C19H24N2O2. The molecule has 0 aromatic heterocycles. The van der Waals surface area contributed by atoms with E-state index in [0.717, 1.165) is 16.8 Å². The summed E-state index contributed by atoms with van der Waals surface area (Å²) in [7, 11) is 1.65. The first-order chi connectivity index (χ1) is 11.1. The largest absolute Gasteiger partial charge is 0.383 e. The molecule has 0 aliphatic carbocycles. The minimum absolute atomic E-state index is 0.0589. The second-order valence-electron chi connectivity index (χ2n) is 5.65. The quantitative estimate of drug-likeness (QED) is 0.825. The van der Waals surface area contributed by atoms with Crippen LogP contribution in [0.25, 0.3) is 11.1 Å². The van der Waals surface area contributed by atoms with Crippen molar-refractivity contribution < 1.29 is 9.53 Å². The number of ether oxygens (including phenoxy) is 1. The van der Waals surface area contributed by atoms with Gasteiger partial charge in [0.1, 0.15) is 0 Å². The minimum atomic E-state index is -0.302. The molecule has 0 bridgehead atoms.